The van der Waals surface area contributed by atoms with Crippen LogP contribution in [0.2, 0.25) is 0 Å². The Kier molecular flexibility index (Phi) is 10.7. The summed E-state index contributed by atoms with van der Waals surface area (Å²) in [7, 11) is 3.74. The third-order valence-corrected chi connectivity index (χ3v) is 7.77. The van der Waals surface area contributed by atoms with E-state index in [4.69, 9.17) is 9.47 Å². The van der Waals surface area contributed by atoms with E-state index in [1.165, 1.54) is 0 Å². The van der Waals surface area contributed by atoms with Crippen LogP contribution in [0, 0.1) is 18.8 Å². The van der Waals surface area contributed by atoms with Gasteiger partial charge in [-0.05, 0) is 63.3 Å². The molecule has 2 aliphatic heterocycles. The van der Waals surface area contributed by atoms with Gasteiger partial charge in [0.05, 0.1) is 30.5 Å². The largest absolute Gasteiger partial charge is 0.385 e. The molecule has 0 unspecified atom stereocenters. The van der Waals surface area contributed by atoms with Gasteiger partial charge in [-0.1, -0.05) is 31.2 Å². The zero-order valence-electron chi connectivity index (χ0n) is 24.8. The summed E-state index contributed by atoms with van der Waals surface area (Å²) in [5, 5.41) is 8.96. The summed E-state index contributed by atoms with van der Waals surface area (Å²) in [5.74, 6) is 0.176. The van der Waals surface area contributed by atoms with Crippen LogP contribution in [0.3, 0.4) is 0 Å². The standard InChI is InChI=1S/C30H46N6O4/c1-22(2)19-35(26-18-24(20-33(4)21-26)29(37)34-12-15-40-16-13-34)30(38)28-27(11-6-7-14-39-5)36(32-31-28)25-10-8-9-23(3)17-25/h8-10,17,22,24,26H,6-7,11-16,18-21H2,1-5H3/t24-,26+/m1/s1. The van der Waals surface area contributed by atoms with Crippen LogP contribution in [-0.2, 0) is 20.7 Å². The van der Waals surface area contributed by atoms with Crippen molar-refractivity contribution in [1.82, 2.24) is 29.7 Å². The van der Waals surface area contributed by atoms with Crippen molar-refractivity contribution in [3.05, 3.63) is 41.2 Å². The van der Waals surface area contributed by atoms with Crippen molar-refractivity contribution in [2.24, 2.45) is 11.8 Å². The first-order valence-corrected chi connectivity index (χ1v) is 14.6. The third-order valence-electron chi connectivity index (χ3n) is 7.77. The number of hydrogen-bond donors (Lipinski definition) is 0. The highest BCUT2D eigenvalue weighted by Crippen LogP contribution is 2.26. The monoisotopic (exact) mass is 554 g/mol. The van der Waals surface area contributed by atoms with Crippen LogP contribution in [0.1, 0.15) is 54.9 Å². The molecule has 0 aliphatic carbocycles. The molecular weight excluding hydrogens is 508 g/mol. The predicted molar refractivity (Wildman–Crippen MR) is 154 cm³/mol. The number of benzene rings is 1. The lowest BCUT2D eigenvalue weighted by atomic mass is 9.91. The van der Waals surface area contributed by atoms with E-state index in [2.05, 4.69) is 35.1 Å². The number of likely N-dealkylation sites (tertiary alicyclic amines) is 1. The Hall–Kier alpha value is -2.82. The second-order valence-electron chi connectivity index (χ2n) is 11.7. The molecule has 0 N–H and O–H groups in total. The van der Waals surface area contributed by atoms with E-state index in [1.807, 2.05) is 46.7 Å². The molecule has 10 heteroatoms. The highest BCUT2D eigenvalue weighted by molar-refractivity contribution is 5.94. The lowest BCUT2D eigenvalue weighted by Crippen LogP contribution is -2.56. The summed E-state index contributed by atoms with van der Waals surface area (Å²) in [6.45, 7) is 11.4. The van der Waals surface area contributed by atoms with Crippen molar-refractivity contribution in [3.63, 3.8) is 0 Å². The van der Waals surface area contributed by atoms with Crippen molar-refractivity contribution < 1.29 is 19.1 Å². The van der Waals surface area contributed by atoms with Crippen LogP contribution in [0.15, 0.2) is 24.3 Å². The van der Waals surface area contributed by atoms with Gasteiger partial charge >= 0.3 is 0 Å². The van der Waals surface area contributed by atoms with Gasteiger partial charge in [0.25, 0.3) is 5.91 Å². The molecule has 0 spiro atoms. The molecule has 1 aromatic heterocycles. The predicted octanol–water partition coefficient (Wildman–Crippen LogP) is 2.82. The van der Waals surface area contributed by atoms with E-state index >= 15 is 0 Å². The number of morpholine rings is 1. The summed E-state index contributed by atoms with van der Waals surface area (Å²) in [6, 6.07) is 8.01. The fourth-order valence-corrected chi connectivity index (χ4v) is 5.86. The molecule has 4 rings (SSSR count). The number of nitrogens with zero attached hydrogens (tertiary/aromatic N) is 6. The lowest BCUT2D eigenvalue weighted by molar-refractivity contribution is -0.142. The van der Waals surface area contributed by atoms with Gasteiger partial charge in [0.15, 0.2) is 5.69 Å². The van der Waals surface area contributed by atoms with Gasteiger partial charge in [-0.25, -0.2) is 4.68 Å². The average molecular weight is 555 g/mol. The van der Waals surface area contributed by atoms with Crippen molar-refractivity contribution in [3.8, 4) is 5.69 Å². The summed E-state index contributed by atoms with van der Waals surface area (Å²) in [4.78, 5) is 33.9. The molecule has 40 heavy (non-hydrogen) atoms. The normalized spacial score (nSPS) is 20.2. The number of unbranched alkanes of at least 4 members (excludes halogenated alkanes) is 1. The number of methoxy groups -OCH3 is 1. The third kappa shape index (κ3) is 7.47. The van der Waals surface area contributed by atoms with Crippen LogP contribution < -0.4 is 0 Å². The number of hydrogen-bond acceptors (Lipinski definition) is 7. The Labute approximate surface area is 238 Å². The van der Waals surface area contributed by atoms with E-state index in [9.17, 15) is 9.59 Å². The number of aryl methyl sites for hydroxylation is 1. The number of aromatic nitrogens is 3. The van der Waals surface area contributed by atoms with Gasteiger partial charge in [-0.15, -0.1) is 5.10 Å². The number of amides is 2. The molecule has 0 saturated carbocycles. The summed E-state index contributed by atoms with van der Waals surface area (Å²) in [5.41, 5.74) is 3.25. The molecule has 2 atom stereocenters. The summed E-state index contributed by atoms with van der Waals surface area (Å²) in [6.07, 6.45) is 3.06. The zero-order valence-corrected chi connectivity index (χ0v) is 24.8. The van der Waals surface area contributed by atoms with Crippen molar-refractivity contribution in [1.29, 1.82) is 0 Å². The van der Waals surface area contributed by atoms with E-state index < -0.39 is 0 Å². The molecule has 220 valence electrons. The number of likely N-dealkylation sites (N-methyl/N-ethyl adjacent to an activating group) is 1. The Bertz CT molecular complexity index is 1130. The Morgan fingerprint density at radius 1 is 1.18 bits per heavy atom. The van der Waals surface area contributed by atoms with Gasteiger partial charge in [0.2, 0.25) is 5.91 Å². The highest BCUT2D eigenvalue weighted by atomic mass is 16.5. The van der Waals surface area contributed by atoms with Gasteiger partial charge < -0.3 is 24.2 Å². The van der Waals surface area contributed by atoms with Crippen molar-refractivity contribution in [2.75, 3.05) is 66.7 Å². The van der Waals surface area contributed by atoms with Crippen LogP contribution in [0.25, 0.3) is 5.69 Å². The maximum atomic E-state index is 14.3. The molecule has 2 amide bonds. The number of carbonyl (C=O) groups is 2. The fourth-order valence-electron chi connectivity index (χ4n) is 5.86. The summed E-state index contributed by atoms with van der Waals surface area (Å²) < 4.78 is 12.5. The summed E-state index contributed by atoms with van der Waals surface area (Å²) >= 11 is 0. The Morgan fingerprint density at radius 2 is 1.95 bits per heavy atom. The van der Waals surface area contributed by atoms with Crippen LogP contribution in [0.4, 0.5) is 0 Å². The first kappa shape index (κ1) is 30.1. The molecule has 2 saturated heterocycles. The fraction of sp³-hybridized carbons (Fsp3) is 0.667. The SMILES string of the molecule is COCCCCc1c(C(=O)N(CC(C)C)[C@H]2C[C@@H](C(=O)N3CCOCC3)CN(C)C2)nnn1-c1cccc(C)c1. The van der Waals surface area contributed by atoms with Crippen LogP contribution >= 0.6 is 0 Å². The molecule has 0 bridgehead atoms. The lowest BCUT2D eigenvalue weighted by Gasteiger charge is -2.43. The van der Waals surface area contributed by atoms with Gasteiger partial charge in [-0.2, -0.15) is 0 Å². The van der Waals surface area contributed by atoms with Crippen molar-refractivity contribution in [2.45, 2.75) is 52.5 Å². The zero-order chi connectivity index (χ0) is 28.6. The van der Waals surface area contributed by atoms with Gasteiger partial charge in [0, 0.05) is 52.5 Å². The highest BCUT2D eigenvalue weighted by Gasteiger charge is 2.38. The quantitative estimate of drug-likeness (QED) is 0.395. The minimum atomic E-state index is -0.152. The second-order valence-corrected chi connectivity index (χ2v) is 11.7. The maximum absolute atomic E-state index is 14.3. The molecule has 3 heterocycles. The molecule has 0 radical (unpaired) electrons. The van der Waals surface area contributed by atoms with Gasteiger partial charge in [0.1, 0.15) is 0 Å². The average Bonchev–Trinajstić information content (AvgIpc) is 3.37. The topological polar surface area (TPSA) is 93.0 Å². The molecular formula is C30H46N6O4. The Balaban J connectivity index is 1.62. The molecule has 2 fully saturated rings. The van der Waals surface area contributed by atoms with Crippen LogP contribution in [0.5, 0.6) is 0 Å². The van der Waals surface area contributed by atoms with Crippen LogP contribution in [-0.4, -0.2) is 114 Å². The minimum Gasteiger partial charge on any atom is -0.385 e. The molecule has 10 nitrogen and oxygen atoms in total. The number of carbonyl (C=O) groups excluding carboxylic acids is 2. The van der Waals surface area contributed by atoms with E-state index in [0.717, 1.165) is 36.3 Å². The van der Waals surface area contributed by atoms with Gasteiger partial charge in [-0.3, -0.25) is 9.59 Å². The molecule has 2 aliphatic rings. The molecule has 1 aromatic carbocycles. The first-order chi connectivity index (χ1) is 19.3. The van der Waals surface area contributed by atoms with E-state index in [0.29, 0.717) is 64.5 Å². The Morgan fingerprint density at radius 3 is 2.65 bits per heavy atom. The smallest absolute Gasteiger partial charge is 0.276 e. The van der Waals surface area contributed by atoms with E-state index in [-0.39, 0.29) is 29.7 Å². The second kappa shape index (κ2) is 14.2. The number of rotatable bonds is 11. The number of ether oxygens (including phenoxy) is 2. The minimum absolute atomic E-state index is 0.0888. The van der Waals surface area contributed by atoms with Crippen molar-refractivity contribution >= 4 is 11.8 Å². The maximum Gasteiger partial charge on any atom is 0.276 e. The van der Waals surface area contributed by atoms with E-state index in [1.54, 1.807) is 7.11 Å². The molecule has 2 aromatic rings. The number of piperidine rings is 1. The first-order valence-electron chi connectivity index (χ1n) is 14.6.